The molecule has 0 spiro atoms. The number of carbonyl (C=O) groups is 1. The molecule has 0 aliphatic heterocycles. The van der Waals surface area contributed by atoms with Crippen molar-refractivity contribution in [1.82, 2.24) is 25.1 Å². The normalized spacial score (nSPS) is 12.1. The molecule has 0 bridgehead atoms. The van der Waals surface area contributed by atoms with E-state index in [2.05, 4.69) is 45.4 Å². The first-order chi connectivity index (χ1) is 15.6. The summed E-state index contributed by atoms with van der Waals surface area (Å²) >= 11 is 0. The monoisotopic (exact) mass is 466 g/mol. The first-order valence-corrected chi connectivity index (χ1v) is 13.7. The van der Waals surface area contributed by atoms with Crippen LogP contribution >= 0.6 is 0 Å². The molecular formula is C22H20F2N6O2Si. The van der Waals surface area contributed by atoms with E-state index in [0.717, 1.165) is 17.0 Å². The molecule has 3 heterocycles. The van der Waals surface area contributed by atoms with E-state index in [1.54, 1.807) is 25.2 Å². The van der Waals surface area contributed by atoms with Crippen LogP contribution in [0, 0.1) is 11.6 Å². The lowest BCUT2D eigenvalue weighted by Crippen LogP contribution is -2.36. The number of nitrogens with one attached hydrogen (secondary N) is 2. The minimum atomic E-state index is -1.69. The maximum absolute atomic E-state index is 14.9. The van der Waals surface area contributed by atoms with Crippen LogP contribution < -0.4 is 10.7 Å². The molecule has 0 radical (unpaired) electrons. The van der Waals surface area contributed by atoms with Crippen molar-refractivity contribution in [3.63, 3.8) is 0 Å². The quantitative estimate of drug-likeness (QED) is 0.387. The van der Waals surface area contributed by atoms with E-state index in [-0.39, 0.29) is 10.9 Å². The minimum absolute atomic E-state index is 0.0702. The Morgan fingerprint density at radius 3 is 2.67 bits per heavy atom. The highest BCUT2D eigenvalue weighted by Crippen LogP contribution is 2.29. The number of carbonyl (C=O) groups excluding carboxylic acids is 1. The molecule has 0 saturated carbocycles. The maximum atomic E-state index is 14.9. The SMILES string of the molecule is Cn1ncc2c(F)c(C(=O)Nc3ccc4[nH]nc(-c5cc([Si](C)(C)C)on5)c4c3)c(F)cc21. The summed E-state index contributed by atoms with van der Waals surface area (Å²) in [5, 5.41) is 19.5. The van der Waals surface area contributed by atoms with Gasteiger partial charge in [0.25, 0.3) is 5.91 Å². The Hall–Kier alpha value is -3.86. The summed E-state index contributed by atoms with van der Waals surface area (Å²) in [6, 6.07) is 7.99. The Kier molecular flexibility index (Phi) is 4.67. The summed E-state index contributed by atoms with van der Waals surface area (Å²) in [6.45, 7) is 6.44. The second kappa shape index (κ2) is 7.34. The topological polar surface area (TPSA) is 102 Å². The number of anilines is 1. The summed E-state index contributed by atoms with van der Waals surface area (Å²) in [6.07, 6.45) is 1.26. The lowest BCUT2D eigenvalue weighted by Gasteiger charge is -2.09. The van der Waals surface area contributed by atoms with Crippen molar-refractivity contribution in [3.8, 4) is 11.4 Å². The van der Waals surface area contributed by atoms with Crippen LogP contribution in [0.5, 0.6) is 0 Å². The highest BCUT2D eigenvalue weighted by atomic mass is 28.3. The molecule has 0 unspecified atom stereocenters. The third kappa shape index (κ3) is 3.50. The number of aromatic amines is 1. The summed E-state index contributed by atoms with van der Waals surface area (Å²) in [5.74, 6) is -2.82. The van der Waals surface area contributed by atoms with Gasteiger partial charge in [-0.05, 0) is 18.2 Å². The van der Waals surface area contributed by atoms with Gasteiger partial charge >= 0.3 is 0 Å². The van der Waals surface area contributed by atoms with Gasteiger partial charge in [-0.3, -0.25) is 14.6 Å². The zero-order valence-corrected chi connectivity index (χ0v) is 19.3. The predicted octanol–water partition coefficient (Wildman–Crippen LogP) is 4.18. The zero-order valence-electron chi connectivity index (χ0n) is 18.3. The molecule has 11 heteroatoms. The fourth-order valence-corrected chi connectivity index (χ4v) is 4.54. The second-order valence-electron chi connectivity index (χ2n) is 8.86. The Labute approximate surface area is 187 Å². The minimum Gasteiger partial charge on any atom is -0.366 e. The summed E-state index contributed by atoms with van der Waals surface area (Å²) < 4.78 is 36.4. The highest BCUT2D eigenvalue weighted by molar-refractivity contribution is 6.87. The largest absolute Gasteiger partial charge is 0.366 e. The van der Waals surface area contributed by atoms with Gasteiger partial charge in [-0.25, -0.2) is 8.78 Å². The van der Waals surface area contributed by atoms with Crippen LogP contribution in [0.25, 0.3) is 33.2 Å². The molecule has 0 aliphatic rings. The average molecular weight is 467 g/mol. The van der Waals surface area contributed by atoms with Crippen LogP contribution in [0.15, 0.2) is 41.1 Å². The molecule has 5 aromatic rings. The number of fused-ring (bicyclic) bond motifs is 2. The Morgan fingerprint density at radius 1 is 1.15 bits per heavy atom. The van der Waals surface area contributed by atoms with Crippen LogP contribution in [-0.4, -0.2) is 39.1 Å². The van der Waals surface area contributed by atoms with Crippen molar-refractivity contribution < 1.29 is 18.1 Å². The number of aryl methyl sites for hydroxylation is 1. The molecule has 33 heavy (non-hydrogen) atoms. The van der Waals surface area contributed by atoms with Gasteiger partial charge in [0, 0.05) is 30.3 Å². The van der Waals surface area contributed by atoms with E-state index < -0.39 is 31.2 Å². The first kappa shape index (κ1) is 21.0. The number of hydrogen-bond donors (Lipinski definition) is 2. The Morgan fingerprint density at radius 2 is 1.94 bits per heavy atom. The van der Waals surface area contributed by atoms with Crippen molar-refractivity contribution in [1.29, 1.82) is 0 Å². The molecule has 0 fully saturated rings. The standard InChI is InChI=1S/C22H20F2N6O2Si/c1-30-17-8-14(23)19(20(24)13(17)10-25-30)22(31)26-11-5-6-15-12(7-11)21(28-27-15)16-9-18(32-29-16)33(2,3)4/h5-10H,1-4H3,(H,26,31)(H,27,28). The van der Waals surface area contributed by atoms with E-state index in [0.29, 0.717) is 22.5 Å². The molecule has 2 aromatic carbocycles. The van der Waals surface area contributed by atoms with E-state index in [1.165, 1.54) is 10.9 Å². The van der Waals surface area contributed by atoms with Gasteiger partial charge < -0.3 is 9.84 Å². The number of hydrogen-bond acceptors (Lipinski definition) is 5. The Balaban J connectivity index is 1.50. The second-order valence-corrected chi connectivity index (χ2v) is 13.9. The average Bonchev–Trinajstić information content (AvgIpc) is 3.46. The van der Waals surface area contributed by atoms with Crippen LogP contribution in [0.4, 0.5) is 14.5 Å². The van der Waals surface area contributed by atoms with Gasteiger partial charge in [0.15, 0.2) is 0 Å². The van der Waals surface area contributed by atoms with E-state index in [1.807, 2.05) is 6.07 Å². The van der Waals surface area contributed by atoms with E-state index in [4.69, 9.17) is 4.52 Å². The van der Waals surface area contributed by atoms with Crippen LogP contribution in [-0.2, 0) is 7.05 Å². The molecule has 3 aromatic heterocycles. The van der Waals surface area contributed by atoms with Crippen LogP contribution in [0.1, 0.15) is 10.4 Å². The van der Waals surface area contributed by atoms with Crippen molar-refractivity contribution in [2.24, 2.45) is 7.05 Å². The van der Waals surface area contributed by atoms with Crippen molar-refractivity contribution >= 4 is 46.9 Å². The summed E-state index contributed by atoms with van der Waals surface area (Å²) in [7, 11) is -0.123. The third-order valence-corrected chi connectivity index (χ3v) is 7.20. The van der Waals surface area contributed by atoms with Gasteiger partial charge in [0.1, 0.15) is 42.0 Å². The third-order valence-electron chi connectivity index (χ3n) is 5.48. The van der Waals surface area contributed by atoms with Gasteiger partial charge in [-0.15, -0.1) is 0 Å². The lowest BCUT2D eigenvalue weighted by molar-refractivity contribution is 0.101. The molecule has 1 amide bonds. The predicted molar refractivity (Wildman–Crippen MR) is 123 cm³/mol. The van der Waals surface area contributed by atoms with Crippen molar-refractivity contribution in [3.05, 3.63) is 53.7 Å². The van der Waals surface area contributed by atoms with Crippen molar-refractivity contribution in [2.45, 2.75) is 19.6 Å². The number of benzene rings is 2. The van der Waals surface area contributed by atoms with Gasteiger partial charge in [-0.1, -0.05) is 24.8 Å². The van der Waals surface area contributed by atoms with Gasteiger partial charge in [0.2, 0.25) is 0 Å². The summed E-state index contributed by atoms with van der Waals surface area (Å²) in [5.41, 5.74) is 1.80. The first-order valence-electron chi connectivity index (χ1n) is 10.2. The number of halogens is 2. The Bertz CT molecular complexity index is 1550. The molecular weight excluding hydrogens is 446 g/mol. The van der Waals surface area contributed by atoms with Crippen LogP contribution in [0.3, 0.4) is 0 Å². The molecule has 2 N–H and O–H groups in total. The highest BCUT2D eigenvalue weighted by Gasteiger charge is 2.25. The van der Waals surface area contributed by atoms with Crippen LogP contribution in [0.2, 0.25) is 19.6 Å². The number of aromatic nitrogens is 5. The molecule has 8 nitrogen and oxygen atoms in total. The summed E-state index contributed by atoms with van der Waals surface area (Å²) in [4.78, 5) is 12.8. The molecule has 0 aliphatic carbocycles. The molecule has 0 atom stereocenters. The maximum Gasteiger partial charge on any atom is 0.261 e. The zero-order chi connectivity index (χ0) is 23.5. The van der Waals surface area contributed by atoms with Gasteiger partial charge in [0.05, 0.1) is 22.6 Å². The number of amides is 1. The number of H-pyrrole nitrogens is 1. The number of nitrogens with zero attached hydrogens (tertiary/aromatic N) is 4. The van der Waals surface area contributed by atoms with E-state index in [9.17, 15) is 13.6 Å². The molecule has 5 rings (SSSR count). The smallest absolute Gasteiger partial charge is 0.261 e. The molecule has 168 valence electrons. The molecule has 0 saturated heterocycles. The number of rotatable bonds is 4. The fourth-order valence-electron chi connectivity index (χ4n) is 3.65. The lowest BCUT2D eigenvalue weighted by atomic mass is 10.1. The van der Waals surface area contributed by atoms with E-state index >= 15 is 0 Å². The van der Waals surface area contributed by atoms with Gasteiger partial charge in [-0.2, -0.15) is 10.2 Å². The fraction of sp³-hybridized carbons (Fsp3) is 0.182. The van der Waals surface area contributed by atoms with Crippen molar-refractivity contribution in [2.75, 3.05) is 5.32 Å².